The standard InChI is InChI=1S/C18H23NO3/c20-17(19-11-13-4-2-1-3-5-13)12-22-18(21)10-16-9-14-6-7-15(16)8-14/h1-5,14-16H,6-12H2,(H,19,20)/t14-,15-,16-/m1/s1. The topological polar surface area (TPSA) is 55.4 Å². The Balaban J connectivity index is 1.33. The molecule has 4 heteroatoms. The number of nitrogens with one attached hydrogen (secondary N) is 1. The summed E-state index contributed by atoms with van der Waals surface area (Å²) < 4.78 is 5.11. The maximum absolute atomic E-state index is 11.9. The summed E-state index contributed by atoms with van der Waals surface area (Å²) in [6.07, 6.45) is 5.53. The number of carbonyl (C=O) groups excluding carboxylic acids is 2. The van der Waals surface area contributed by atoms with Crippen LogP contribution in [-0.2, 0) is 20.9 Å². The molecule has 1 N–H and O–H groups in total. The summed E-state index contributed by atoms with van der Waals surface area (Å²) in [6, 6.07) is 9.68. The molecule has 1 aromatic rings. The van der Waals surface area contributed by atoms with Crippen molar-refractivity contribution in [1.29, 1.82) is 0 Å². The Morgan fingerprint density at radius 1 is 1.14 bits per heavy atom. The molecule has 0 heterocycles. The Kier molecular flexibility index (Phi) is 4.76. The van der Waals surface area contributed by atoms with E-state index in [1.807, 2.05) is 30.3 Å². The predicted molar refractivity (Wildman–Crippen MR) is 82.8 cm³/mol. The first kappa shape index (κ1) is 15.1. The van der Waals surface area contributed by atoms with Crippen molar-refractivity contribution in [3.8, 4) is 0 Å². The largest absolute Gasteiger partial charge is 0.456 e. The van der Waals surface area contributed by atoms with Crippen LogP contribution in [0.3, 0.4) is 0 Å². The van der Waals surface area contributed by atoms with Gasteiger partial charge < -0.3 is 10.1 Å². The van der Waals surface area contributed by atoms with Crippen LogP contribution in [0, 0.1) is 17.8 Å². The SMILES string of the molecule is O=C(COC(=O)C[C@H]1C[C@@H]2CC[C@@H]1C2)NCc1ccccc1. The van der Waals surface area contributed by atoms with Crippen LogP contribution in [0.1, 0.15) is 37.7 Å². The zero-order valence-electron chi connectivity index (χ0n) is 12.8. The summed E-state index contributed by atoms with van der Waals surface area (Å²) in [5, 5.41) is 2.76. The van der Waals surface area contributed by atoms with Crippen LogP contribution in [0.5, 0.6) is 0 Å². The molecule has 0 unspecified atom stereocenters. The third-order valence-corrected chi connectivity index (χ3v) is 5.01. The van der Waals surface area contributed by atoms with Crippen LogP contribution in [0.15, 0.2) is 30.3 Å². The van der Waals surface area contributed by atoms with Gasteiger partial charge in [0.15, 0.2) is 6.61 Å². The highest BCUT2D eigenvalue weighted by molar-refractivity contribution is 5.80. The van der Waals surface area contributed by atoms with Gasteiger partial charge in [-0.05, 0) is 42.6 Å². The van der Waals surface area contributed by atoms with E-state index in [0.717, 1.165) is 11.5 Å². The highest BCUT2D eigenvalue weighted by Gasteiger charge is 2.40. The molecule has 1 aromatic carbocycles. The molecule has 0 aromatic heterocycles. The summed E-state index contributed by atoms with van der Waals surface area (Å²) in [5.41, 5.74) is 1.03. The maximum Gasteiger partial charge on any atom is 0.306 e. The van der Waals surface area contributed by atoms with Crippen molar-refractivity contribution in [1.82, 2.24) is 5.32 Å². The first-order chi connectivity index (χ1) is 10.7. The number of fused-ring (bicyclic) bond motifs is 2. The lowest BCUT2D eigenvalue weighted by molar-refractivity contribution is -0.149. The molecule has 22 heavy (non-hydrogen) atoms. The quantitative estimate of drug-likeness (QED) is 0.822. The molecule has 0 spiro atoms. The van der Waals surface area contributed by atoms with E-state index in [4.69, 9.17) is 4.74 Å². The highest BCUT2D eigenvalue weighted by atomic mass is 16.5. The lowest BCUT2D eigenvalue weighted by Gasteiger charge is -2.20. The lowest BCUT2D eigenvalue weighted by Crippen LogP contribution is -2.29. The van der Waals surface area contributed by atoms with Gasteiger partial charge in [-0.1, -0.05) is 36.8 Å². The monoisotopic (exact) mass is 301 g/mol. The molecule has 4 nitrogen and oxygen atoms in total. The Morgan fingerprint density at radius 3 is 2.64 bits per heavy atom. The van der Waals surface area contributed by atoms with Gasteiger partial charge in [0.1, 0.15) is 0 Å². The van der Waals surface area contributed by atoms with Crippen molar-refractivity contribution in [3.05, 3.63) is 35.9 Å². The van der Waals surface area contributed by atoms with Crippen molar-refractivity contribution < 1.29 is 14.3 Å². The number of ether oxygens (including phenoxy) is 1. The van der Waals surface area contributed by atoms with Crippen LogP contribution < -0.4 is 5.32 Å². The molecule has 1 amide bonds. The second kappa shape index (κ2) is 6.95. The second-order valence-electron chi connectivity index (χ2n) is 6.56. The fourth-order valence-corrected chi connectivity index (χ4v) is 3.89. The summed E-state index contributed by atoms with van der Waals surface area (Å²) in [4.78, 5) is 23.5. The maximum atomic E-state index is 11.9. The number of hydrogen-bond donors (Lipinski definition) is 1. The zero-order valence-corrected chi connectivity index (χ0v) is 12.8. The third-order valence-electron chi connectivity index (χ3n) is 5.01. The number of esters is 1. The molecule has 2 aliphatic carbocycles. The molecule has 0 aliphatic heterocycles. The van der Waals surface area contributed by atoms with Gasteiger partial charge in [0.25, 0.3) is 5.91 Å². The fraction of sp³-hybridized carbons (Fsp3) is 0.556. The van der Waals surface area contributed by atoms with Gasteiger partial charge in [-0.3, -0.25) is 9.59 Å². The van der Waals surface area contributed by atoms with Gasteiger partial charge in [0.2, 0.25) is 0 Å². The van der Waals surface area contributed by atoms with Crippen molar-refractivity contribution >= 4 is 11.9 Å². The Labute approximate surface area is 131 Å². The zero-order chi connectivity index (χ0) is 15.4. The molecule has 3 rings (SSSR count). The van der Waals surface area contributed by atoms with Crippen molar-refractivity contribution in [2.24, 2.45) is 17.8 Å². The smallest absolute Gasteiger partial charge is 0.306 e. The van der Waals surface area contributed by atoms with E-state index in [-0.39, 0.29) is 18.5 Å². The van der Waals surface area contributed by atoms with Gasteiger partial charge in [0.05, 0.1) is 0 Å². The first-order valence-corrected chi connectivity index (χ1v) is 8.17. The van der Waals surface area contributed by atoms with Crippen molar-refractivity contribution in [2.45, 2.75) is 38.6 Å². The van der Waals surface area contributed by atoms with Crippen LogP contribution >= 0.6 is 0 Å². The van der Waals surface area contributed by atoms with E-state index in [0.29, 0.717) is 24.8 Å². The second-order valence-corrected chi connectivity index (χ2v) is 6.56. The van der Waals surface area contributed by atoms with E-state index >= 15 is 0 Å². The van der Waals surface area contributed by atoms with Gasteiger partial charge >= 0.3 is 5.97 Å². The van der Waals surface area contributed by atoms with E-state index in [1.54, 1.807) is 0 Å². The van der Waals surface area contributed by atoms with Crippen molar-refractivity contribution in [2.75, 3.05) is 6.61 Å². The minimum absolute atomic E-state index is 0.174. The van der Waals surface area contributed by atoms with Gasteiger partial charge in [-0.15, -0.1) is 0 Å². The predicted octanol–water partition coefficient (Wildman–Crippen LogP) is 2.67. The first-order valence-electron chi connectivity index (χ1n) is 8.17. The number of hydrogen-bond acceptors (Lipinski definition) is 3. The van der Waals surface area contributed by atoms with E-state index < -0.39 is 0 Å². The Morgan fingerprint density at radius 2 is 1.95 bits per heavy atom. The van der Waals surface area contributed by atoms with Crippen LogP contribution in [0.25, 0.3) is 0 Å². The minimum atomic E-state index is -0.245. The molecule has 3 atom stereocenters. The molecule has 2 saturated carbocycles. The number of benzene rings is 1. The number of amides is 1. The summed E-state index contributed by atoms with van der Waals surface area (Å²) >= 11 is 0. The van der Waals surface area contributed by atoms with Gasteiger partial charge in [-0.2, -0.15) is 0 Å². The van der Waals surface area contributed by atoms with Crippen molar-refractivity contribution in [3.63, 3.8) is 0 Å². The summed E-state index contributed by atoms with van der Waals surface area (Å²) in [6.45, 7) is 0.288. The van der Waals surface area contributed by atoms with Gasteiger partial charge in [0, 0.05) is 13.0 Å². The fourth-order valence-electron chi connectivity index (χ4n) is 3.89. The van der Waals surface area contributed by atoms with Crippen LogP contribution in [0.2, 0.25) is 0 Å². The Hall–Kier alpha value is -1.84. The molecule has 2 bridgehead atoms. The third kappa shape index (κ3) is 3.87. The average molecular weight is 301 g/mol. The molecule has 0 radical (unpaired) electrons. The molecule has 118 valence electrons. The average Bonchev–Trinajstić information content (AvgIpc) is 3.14. The van der Waals surface area contributed by atoms with Crippen LogP contribution in [-0.4, -0.2) is 18.5 Å². The molecule has 0 saturated heterocycles. The minimum Gasteiger partial charge on any atom is -0.456 e. The van der Waals surface area contributed by atoms with Gasteiger partial charge in [-0.25, -0.2) is 0 Å². The number of rotatable bonds is 6. The van der Waals surface area contributed by atoms with Crippen LogP contribution in [0.4, 0.5) is 0 Å². The Bertz CT molecular complexity index is 528. The highest BCUT2D eigenvalue weighted by Crippen LogP contribution is 2.49. The number of carbonyl (C=O) groups is 2. The molecular weight excluding hydrogens is 278 g/mol. The summed E-state index contributed by atoms with van der Waals surface area (Å²) in [7, 11) is 0. The molecule has 2 aliphatic rings. The lowest BCUT2D eigenvalue weighted by atomic mass is 9.86. The van der Waals surface area contributed by atoms with E-state index in [2.05, 4.69) is 5.32 Å². The molecular formula is C18H23NO3. The summed E-state index contributed by atoms with van der Waals surface area (Å²) in [5.74, 6) is 1.55. The molecule has 2 fully saturated rings. The van der Waals surface area contributed by atoms with E-state index in [9.17, 15) is 9.59 Å². The van der Waals surface area contributed by atoms with E-state index in [1.165, 1.54) is 25.7 Å². The normalized spacial score (nSPS) is 25.9.